The number of thiazole rings is 1. The van der Waals surface area contributed by atoms with Crippen LogP contribution in [0.4, 0.5) is 0 Å². The van der Waals surface area contributed by atoms with E-state index in [0.29, 0.717) is 6.04 Å². The molecule has 1 aromatic carbocycles. The van der Waals surface area contributed by atoms with E-state index in [1.807, 2.05) is 11.3 Å². The number of para-hydroxylation sites is 1. The van der Waals surface area contributed by atoms with E-state index in [-0.39, 0.29) is 0 Å². The molecule has 6 heteroatoms. The Labute approximate surface area is 153 Å². The van der Waals surface area contributed by atoms with Gasteiger partial charge in [0.15, 0.2) is 5.11 Å². The van der Waals surface area contributed by atoms with Gasteiger partial charge in [-0.15, -0.1) is 11.3 Å². The Balaban J connectivity index is 1.67. The van der Waals surface area contributed by atoms with E-state index in [2.05, 4.69) is 53.5 Å². The Morgan fingerprint density at radius 3 is 3.00 bits per heavy atom. The molecule has 2 heterocycles. The van der Waals surface area contributed by atoms with Crippen LogP contribution in [-0.4, -0.2) is 53.6 Å². The smallest absolute Gasteiger partial charge is 0.169 e. The molecule has 4 nitrogen and oxygen atoms in total. The lowest BCUT2D eigenvalue weighted by Gasteiger charge is -2.36. The quantitative estimate of drug-likeness (QED) is 0.648. The van der Waals surface area contributed by atoms with Gasteiger partial charge in [0.25, 0.3) is 0 Å². The van der Waals surface area contributed by atoms with Crippen LogP contribution in [0.15, 0.2) is 24.3 Å². The number of piperidine rings is 1. The lowest BCUT2D eigenvalue weighted by molar-refractivity contribution is 0.241. The highest BCUT2D eigenvalue weighted by atomic mass is 32.1. The topological polar surface area (TPSA) is 31.4 Å². The predicted molar refractivity (Wildman–Crippen MR) is 107 cm³/mol. The van der Waals surface area contributed by atoms with Crippen LogP contribution in [0.1, 0.15) is 36.7 Å². The highest BCUT2D eigenvalue weighted by molar-refractivity contribution is 7.80. The van der Waals surface area contributed by atoms with Crippen molar-refractivity contribution < 1.29 is 0 Å². The van der Waals surface area contributed by atoms with Crippen molar-refractivity contribution in [2.75, 3.05) is 33.7 Å². The summed E-state index contributed by atoms with van der Waals surface area (Å²) in [5, 5.41) is 5.54. The van der Waals surface area contributed by atoms with Crippen LogP contribution in [0.3, 0.4) is 0 Å². The van der Waals surface area contributed by atoms with E-state index in [0.717, 1.165) is 43.1 Å². The monoisotopic (exact) mass is 362 g/mol. The number of fused-ring (bicyclic) bond motifs is 1. The maximum atomic E-state index is 5.69. The highest BCUT2D eigenvalue weighted by Gasteiger charge is 2.28. The number of hydrogen-bond acceptors (Lipinski definition) is 4. The van der Waals surface area contributed by atoms with Crippen molar-refractivity contribution in [1.82, 2.24) is 20.1 Å². The van der Waals surface area contributed by atoms with Crippen molar-refractivity contribution in [3.05, 3.63) is 29.3 Å². The number of nitrogens with zero attached hydrogens (tertiary/aromatic N) is 3. The standard InChI is InChI=1S/C18H26N4S2/c1-21(2)12-7-11-19-18(23)22-13-6-5-9-15(22)17-20-14-8-3-4-10-16(14)24-17/h3-4,8,10,15H,5-7,9,11-13H2,1-2H3,(H,19,23)/t15-/m0/s1. The van der Waals surface area contributed by atoms with Crippen molar-refractivity contribution in [2.45, 2.75) is 31.7 Å². The number of thiocarbonyl (C=S) groups is 1. The van der Waals surface area contributed by atoms with Gasteiger partial charge in [-0.05, 0) is 70.7 Å². The first-order valence-electron chi connectivity index (χ1n) is 8.70. The summed E-state index contributed by atoms with van der Waals surface area (Å²) >= 11 is 7.50. The molecule has 1 atom stereocenters. The summed E-state index contributed by atoms with van der Waals surface area (Å²) in [5.74, 6) is 0. The summed E-state index contributed by atoms with van der Waals surface area (Å²) in [6.45, 7) is 3.04. The maximum absolute atomic E-state index is 5.69. The number of hydrogen-bond donors (Lipinski definition) is 1. The molecule has 130 valence electrons. The van der Waals surface area contributed by atoms with Gasteiger partial charge in [-0.25, -0.2) is 4.98 Å². The second-order valence-electron chi connectivity index (χ2n) is 6.61. The number of benzene rings is 1. The van der Waals surface area contributed by atoms with Crippen LogP contribution in [0.25, 0.3) is 10.2 Å². The average Bonchev–Trinajstić information content (AvgIpc) is 3.02. The highest BCUT2D eigenvalue weighted by Crippen LogP contribution is 2.35. The molecule has 1 saturated heterocycles. The van der Waals surface area contributed by atoms with E-state index >= 15 is 0 Å². The molecule has 0 spiro atoms. The van der Waals surface area contributed by atoms with E-state index in [1.54, 1.807) is 0 Å². The van der Waals surface area contributed by atoms with E-state index < -0.39 is 0 Å². The summed E-state index contributed by atoms with van der Waals surface area (Å²) in [4.78, 5) is 9.43. The van der Waals surface area contributed by atoms with Gasteiger partial charge in [-0.3, -0.25) is 0 Å². The lowest BCUT2D eigenvalue weighted by Crippen LogP contribution is -2.45. The second-order valence-corrected chi connectivity index (χ2v) is 8.06. The Kier molecular flexibility index (Phi) is 6.03. The fourth-order valence-corrected chi connectivity index (χ4v) is 4.59. The summed E-state index contributed by atoms with van der Waals surface area (Å²) in [6, 6.07) is 8.72. The molecule has 1 aromatic heterocycles. The molecule has 0 saturated carbocycles. The SMILES string of the molecule is CN(C)CCCNC(=S)N1CCCC[C@H]1c1nc2ccccc2s1. The predicted octanol–water partition coefficient (Wildman–Crippen LogP) is 3.65. The van der Waals surface area contributed by atoms with Crippen molar-refractivity contribution in [2.24, 2.45) is 0 Å². The molecular weight excluding hydrogens is 336 g/mol. The van der Waals surface area contributed by atoms with Crippen molar-refractivity contribution in [1.29, 1.82) is 0 Å². The summed E-state index contributed by atoms with van der Waals surface area (Å²) < 4.78 is 1.27. The first-order valence-corrected chi connectivity index (χ1v) is 9.92. The lowest BCUT2D eigenvalue weighted by atomic mass is 10.0. The van der Waals surface area contributed by atoms with Crippen LogP contribution < -0.4 is 5.32 Å². The average molecular weight is 363 g/mol. The molecule has 0 unspecified atom stereocenters. The minimum atomic E-state index is 0.324. The summed E-state index contributed by atoms with van der Waals surface area (Å²) in [7, 11) is 4.21. The molecule has 0 amide bonds. The molecule has 0 bridgehead atoms. The third-order valence-corrected chi connectivity index (χ3v) is 5.93. The largest absolute Gasteiger partial charge is 0.363 e. The van der Waals surface area contributed by atoms with Crippen LogP contribution in [0, 0.1) is 0 Å². The fraction of sp³-hybridized carbons (Fsp3) is 0.556. The van der Waals surface area contributed by atoms with Gasteiger partial charge in [0.1, 0.15) is 5.01 Å². The zero-order chi connectivity index (χ0) is 16.9. The fourth-order valence-electron chi connectivity index (χ4n) is 3.16. The van der Waals surface area contributed by atoms with Crippen LogP contribution in [-0.2, 0) is 0 Å². The van der Waals surface area contributed by atoms with Gasteiger partial charge >= 0.3 is 0 Å². The molecule has 24 heavy (non-hydrogen) atoms. The first-order chi connectivity index (χ1) is 11.6. The van der Waals surface area contributed by atoms with Crippen LogP contribution >= 0.6 is 23.6 Å². The van der Waals surface area contributed by atoms with Gasteiger partial charge in [0.2, 0.25) is 0 Å². The van der Waals surface area contributed by atoms with Crippen molar-refractivity contribution in [3.63, 3.8) is 0 Å². The molecule has 1 aliphatic rings. The Bertz CT molecular complexity index is 649. The van der Waals surface area contributed by atoms with E-state index in [9.17, 15) is 0 Å². The third-order valence-electron chi connectivity index (χ3n) is 4.42. The minimum Gasteiger partial charge on any atom is -0.363 e. The minimum absolute atomic E-state index is 0.324. The summed E-state index contributed by atoms with van der Waals surface area (Å²) in [6.07, 6.45) is 4.70. The Morgan fingerprint density at radius 2 is 2.21 bits per heavy atom. The van der Waals surface area contributed by atoms with Crippen LogP contribution in [0.5, 0.6) is 0 Å². The molecule has 0 radical (unpaired) electrons. The number of nitrogens with one attached hydrogen (secondary N) is 1. The van der Waals surface area contributed by atoms with Gasteiger partial charge in [-0.2, -0.15) is 0 Å². The zero-order valence-electron chi connectivity index (χ0n) is 14.5. The first kappa shape index (κ1) is 17.6. The summed E-state index contributed by atoms with van der Waals surface area (Å²) in [5.41, 5.74) is 1.10. The Morgan fingerprint density at radius 1 is 1.38 bits per heavy atom. The second kappa shape index (κ2) is 8.23. The number of rotatable bonds is 5. The molecule has 0 aliphatic carbocycles. The van der Waals surface area contributed by atoms with Crippen LogP contribution in [0.2, 0.25) is 0 Å². The maximum Gasteiger partial charge on any atom is 0.169 e. The molecule has 1 aliphatic heterocycles. The van der Waals surface area contributed by atoms with Gasteiger partial charge in [0, 0.05) is 13.1 Å². The van der Waals surface area contributed by atoms with Gasteiger partial charge in [0.05, 0.1) is 16.3 Å². The normalized spacial score (nSPS) is 18.3. The molecule has 1 N–H and O–H groups in total. The van der Waals surface area contributed by atoms with Gasteiger partial charge < -0.3 is 15.1 Å². The number of aromatic nitrogens is 1. The van der Waals surface area contributed by atoms with Crippen molar-refractivity contribution in [3.8, 4) is 0 Å². The van der Waals surface area contributed by atoms with E-state index in [1.165, 1.54) is 22.5 Å². The third kappa shape index (κ3) is 4.23. The van der Waals surface area contributed by atoms with Gasteiger partial charge in [-0.1, -0.05) is 12.1 Å². The van der Waals surface area contributed by atoms with Crippen molar-refractivity contribution >= 4 is 38.9 Å². The number of likely N-dealkylation sites (tertiary alicyclic amines) is 1. The molecular formula is C18H26N4S2. The van der Waals surface area contributed by atoms with E-state index in [4.69, 9.17) is 17.2 Å². The molecule has 3 rings (SSSR count). The molecule has 1 fully saturated rings. The zero-order valence-corrected chi connectivity index (χ0v) is 16.1. The molecule has 2 aromatic rings. The Hall–Kier alpha value is -1.24.